The van der Waals surface area contributed by atoms with Crippen LogP contribution in [0.5, 0.6) is 0 Å². The van der Waals surface area contributed by atoms with Gasteiger partial charge >= 0.3 is 0 Å². The van der Waals surface area contributed by atoms with Crippen LogP contribution in [0.4, 0.5) is 0 Å². The third-order valence-corrected chi connectivity index (χ3v) is 5.31. The molecule has 2 aromatic carbocycles. The van der Waals surface area contributed by atoms with E-state index in [1.165, 1.54) is 38.5 Å². The van der Waals surface area contributed by atoms with E-state index in [-0.39, 0.29) is 0 Å². The van der Waals surface area contributed by atoms with Crippen LogP contribution in [0.2, 0.25) is 0 Å². The number of fused-ring (bicyclic) bond motifs is 1. The number of aldehydes is 2. The molecule has 0 aliphatic carbocycles. The van der Waals surface area contributed by atoms with Crippen LogP contribution >= 0.6 is 0 Å². The van der Waals surface area contributed by atoms with Crippen molar-refractivity contribution in [1.29, 1.82) is 0 Å². The SMILES string of the molecule is CCCCCCc1c(C=O)ccc2c(CCCCCC)c(C=O)ccc12. The van der Waals surface area contributed by atoms with Crippen LogP contribution in [0.25, 0.3) is 10.8 Å². The van der Waals surface area contributed by atoms with Gasteiger partial charge in [0.15, 0.2) is 0 Å². The van der Waals surface area contributed by atoms with E-state index in [1.807, 2.05) is 24.3 Å². The van der Waals surface area contributed by atoms with Crippen molar-refractivity contribution in [3.8, 4) is 0 Å². The second-order valence-corrected chi connectivity index (χ2v) is 7.22. The van der Waals surface area contributed by atoms with Gasteiger partial charge in [0, 0.05) is 11.1 Å². The third-order valence-electron chi connectivity index (χ3n) is 5.31. The minimum absolute atomic E-state index is 0.796. The molecule has 0 aliphatic rings. The molecule has 0 aromatic heterocycles. The fraction of sp³-hybridized carbons (Fsp3) is 0.500. The van der Waals surface area contributed by atoms with Crippen molar-refractivity contribution in [2.75, 3.05) is 0 Å². The number of rotatable bonds is 12. The molecule has 0 unspecified atom stereocenters. The van der Waals surface area contributed by atoms with Crippen molar-refractivity contribution in [1.82, 2.24) is 0 Å². The molecule has 0 fully saturated rings. The molecule has 0 bridgehead atoms. The van der Waals surface area contributed by atoms with Crippen LogP contribution in [-0.4, -0.2) is 12.6 Å². The second kappa shape index (κ2) is 10.9. The van der Waals surface area contributed by atoms with Gasteiger partial charge in [0.1, 0.15) is 12.6 Å². The molecule has 140 valence electrons. The third kappa shape index (κ3) is 5.03. The Hall–Kier alpha value is -1.96. The summed E-state index contributed by atoms with van der Waals surface area (Å²) in [5.41, 5.74) is 3.90. The molecule has 0 aliphatic heterocycles. The molecule has 0 radical (unpaired) electrons. The number of aryl methyl sites for hydroxylation is 2. The number of carbonyl (C=O) groups is 2. The standard InChI is InChI=1S/C24H32O2/c1-3-5-7-9-11-21-19(17-25)13-16-24-22(12-10-8-6-4-2)20(18-26)14-15-23(21)24/h13-18H,3-12H2,1-2H3. The van der Waals surface area contributed by atoms with Crippen LogP contribution in [-0.2, 0) is 12.8 Å². The number of benzene rings is 2. The van der Waals surface area contributed by atoms with Crippen LogP contribution in [0.3, 0.4) is 0 Å². The molecule has 26 heavy (non-hydrogen) atoms. The Labute approximate surface area is 158 Å². The Morgan fingerprint density at radius 3 is 1.38 bits per heavy atom. The van der Waals surface area contributed by atoms with Gasteiger partial charge in [-0.2, -0.15) is 0 Å². The second-order valence-electron chi connectivity index (χ2n) is 7.22. The predicted molar refractivity (Wildman–Crippen MR) is 110 cm³/mol. The summed E-state index contributed by atoms with van der Waals surface area (Å²) in [6.45, 7) is 4.42. The van der Waals surface area contributed by atoms with Crippen molar-refractivity contribution in [2.24, 2.45) is 0 Å². The van der Waals surface area contributed by atoms with Crippen molar-refractivity contribution < 1.29 is 9.59 Å². The average molecular weight is 353 g/mol. The molecule has 0 N–H and O–H groups in total. The van der Waals surface area contributed by atoms with Gasteiger partial charge in [-0.05, 0) is 47.6 Å². The van der Waals surface area contributed by atoms with E-state index in [2.05, 4.69) is 13.8 Å². The molecular formula is C24H32O2. The summed E-state index contributed by atoms with van der Waals surface area (Å²) in [6, 6.07) is 7.96. The van der Waals surface area contributed by atoms with Gasteiger partial charge < -0.3 is 0 Å². The summed E-state index contributed by atoms with van der Waals surface area (Å²) in [7, 11) is 0. The zero-order valence-electron chi connectivity index (χ0n) is 16.4. The number of unbranched alkanes of at least 4 members (excludes halogenated alkanes) is 6. The quantitative estimate of drug-likeness (QED) is 0.314. The van der Waals surface area contributed by atoms with E-state index < -0.39 is 0 Å². The lowest BCUT2D eigenvalue weighted by Gasteiger charge is -2.15. The molecule has 2 heteroatoms. The lowest BCUT2D eigenvalue weighted by atomic mass is 9.89. The van der Waals surface area contributed by atoms with Gasteiger partial charge in [-0.1, -0.05) is 76.6 Å². The maximum atomic E-state index is 11.6. The summed E-state index contributed by atoms with van der Waals surface area (Å²) in [5, 5.41) is 2.31. The molecule has 0 heterocycles. The first kappa shape index (κ1) is 20.4. The predicted octanol–water partition coefficient (Wildman–Crippen LogP) is 6.71. The molecule has 2 rings (SSSR count). The first-order valence-electron chi connectivity index (χ1n) is 10.2. The highest BCUT2D eigenvalue weighted by atomic mass is 16.1. The molecule has 0 atom stereocenters. The van der Waals surface area contributed by atoms with E-state index in [4.69, 9.17) is 0 Å². The topological polar surface area (TPSA) is 34.1 Å². The minimum Gasteiger partial charge on any atom is -0.298 e. The monoisotopic (exact) mass is 352 g/mol. The molecule has 0 saturated heterocycles. The van der Waals surface area contributed by atoms with Crippen molar-refractivity contribution in [3.05, 3.63) is 46.5 Å². The Kier molecular flexibility index (Phi) is 8.53. The van der Waals surface area contributed by atoms with Crippen LogP contribution in [0, 0.1) is 0 Å². The van der Waals surface area contributed by atoms with Gasteiger partial charge in [-0.25, -0.2) is 0 Å². The van der Waals surface area contributed by atoms with E-state index >= 15 is 0 Å². The Bertz CT molecular complexity index is 667. The van der Waals surface area contributed by atoms with Gasteiger partial charge in [-0.3, -0.25) is 9.59 Å². The summed E-state index contributed by atoms with van der Waals surface area (Å²) in [5.74, 6) is 0. The van der Waals surface area contributed by atoms with Crippen molar-refractivity contribution in [2.45, 2.75) is 78.1 Å². The summed E-state index contributed by atoms with van der Waals surface area (Å²) < 4.78 is 0. The molecule has 0 saturated carbocycles. The summed E-state index contributed by atoms with van der Waals surface area (Å²) in [6.07, 6.45) is 13.3. The highest BCUT2D eigenvalue weighted by Gasteiger charge is 2.13. The minimum atomic E-state index is 0.796. The number of hydrogen-bond acceptors (Lipinski definition) is 2. The van der Waals surface area contributed by atoms with Gasteiger partial charge in [0.25, 0.3) is 0 Å². The molecule has 0 spiro atoms. The Morgan fingerprint density at radius 1 is 0.615 bits per heavy atom. The average Bonchev–Trinajstić information content (AvgIpc) is 2.68. The smallest absolute Gasteiger partial charge is 0.150 e. The van der Waals surface area contributed by atoms with Gasteiger partial charge in [-0.15, -0.1) is 0 Å². The molecule has 2 aromatic rings. The Balaban J connectivity index is 2.39. The van der Waals surface area contributed by atoms with E-state index in [1.54, 1.807) is 0 Å². The summed E-state index contributed by atoms with van der Waals surface area (Å²) in [4.78, 5) is 23.1. The lowest BCUT2D eigenvalue weighted by molar-refractivity contribution is 0.111. The summed E-state index contributed by atoms with van der Waals surface area (Å²) >= 11 is 0. The highest BCUT2D eigenvalue weighted by Crippen LogP contribution is 2.29. The number of carbonyl (C=O) groups excluding carboxylic acids is 2. The van der Waals surface area contributed by atoms with Crippen molar-refractivity contribution in [3.63, 3.8) is 0 Å². The van der Waals surface area contributed by atoms with E-state index in [9.17, 15) is 9.59 Å². The highest BCUT2D eigenvalue weighted by molar-refractivity contribution is 5.98. The largest absolute Gasteiger partial charge is 0.298 e. The fourth-order valence-electron chi connectivity index (χ4n) is 3.80. The normalized spacial score (nSPS) is 11.0. The van der Waals surface area contributed by atoms with Crippen LogP contribution in [0.15, 0.2) is 24.3 Å². The maximum Gasteiger partial charge on any atom is 0.150 e. The van der Waals surface area contributed by atoms with Gasteiger partial charge in [0.05, 0.1) is 0 Å². The lowest BCUT2D eigenvalue weighted by Crippen LogP contribution is -2.00. The van der Waals surface area contributed by atoms with Crippen molar-refractivity contribution >= 4 is 23.3 Å². The first-order valence-corrected chi connectivity index (χ1v) is 10.2. The van der Waals surface area contributed by atoms with Crippen LogP contribution < -0.4 is 0 Å². The maximum absolute atomic E-state index is 11.6. The zero-order chi connectivity index (χ0) is 18.8. The van der Waals surface area contributed by atoms with Crippen LogP contribution in [0.1, 0.15) is 97.1 Å². The molecule has 2 nitrogen and oxygen atoms in total. The fourth-order valence-corrected chi connectivity index (χ4v) is 3.80. The van der Waals surface area contributed by atoms with E-state index in [0.717, 1.165) is 71.3 Å². The van der Waals surface area contributed by atoms with Gasteiger partial charge in [0.2, 0.25) is 0 Å². The van der Waals surface area contributed by atoms with E-state index in [0.29, 0.717) is 0 Å². The molecular weight excluding hydrogens is 320 g/mol. The Morgan fingerprint density at radius 2 is 1.04 bits per heavy atom. The first-order chi connectivity index (χ1) is 12.8. The molecule has 0 amide bonds. The number of hydrogen-bond donors (Lipinski definition) is 0. The zero-order valence-corrected chi connectivity index (χ0v) is 16.4.